The Hall–Kier alpha value is -1.58. The molecule has 1 aliphatic heterocycles. The number of hydrogen-bond donors (Lipinski definition) is 0. The van der Waals surface area contributed by atoms with Crippen LogP contribution >= 0.6 is 0 Å². The normalized spacial score (nSPS) is 19.8. The van der Waals surface area contributed by atoms with Crippen molar-refractivity contribution in [1.82, 2.24) is 4.90 Å². The zero-order valence-corrected chi connectivity index (χ0v) is 12.4. The van der Waals surface area contributed by atoms with Crippen molar-refractivity contribution < 1.29 is 13.9 Å². The van der Waals surface area contributed by atoms with Gasteiger partial charge in [0.05, 0.1) is 6.04 Å². The monoisotopic (exact) mass is 279 g/mol. The van der Waals surface area contributed by atoms with Crippen LogP contribution in [0.5, 0.6) is 0 Å². The minimum absolute atomic E-state index is 0.0146. The van der Waals surface area contributed by atoms with Crippen molar-refractivity contribution in [3.8, 4) is 0 Å². The number of amides is 1. The highest BCUT2D eigenvalue weighted by Gasteiger charge is 2.31. The highest BCUT2D eigenvalue weighted by Crippen LogP contribution is 2.32. The van der Waals surface area contributed by atoms with Gasteiger partial charge in [0.2, 0.25) is 0 Å². The summed E-state index contributed by atoms with van der Waals surface area (Å²) in [4.78, 5) is 14.1. The lowest BCUT2D eigenvalue weighted by atomic mass is 9.95. The Kier molecular flexibility index (Phi) is 4.31. The molecule has 1 saturated heterocycles. The molecule has 1 amide bonds. The van der Waals surface area contributed by atoms with E-state index in [2.05, 4.69) is 0 Å². The lowest BCUT2D eigenvalue weighted by Gasteiger charge is -2.37. The zero-order chi connectivity index (χ0) is 14.8. The summed E-state index contributed by atoms with van der Waals surface area (Å²) in [6.45, 7) is 6.28. The minimum atomic E-state index is -0.498. The van der Waals surface area contributed by atoms with Crippen LogP contribution in [-0.2, 0) is 4.74 Å². The van der Waals surface area contributed by atoms with E-state index in [0.717, 1.165) is 24.8 Å². The van der Waals surface area contributed by atoms with E-state index in [4.69, 9.17) is 4.74 Å². The van der Waals surface area contributed by atoms with E-state index in [9.17, 15) is 9.18 Å². The average molecular weight is 279 g/mol. The first-order valence-electron chi connectivity index (χ1n) is 7.12. The van der Waals surface area contributed by atoms with Crippen molar-refractivity contribution >= 4 is 6.09 Å². The van der Waals surface area contributed by atoms with Crippen LogP contribution < -0.4 is 0 Å². The molecule has 1 heterocycles. The van der Waals surface area contributed by atoms with Gasteiger partial charge in [0, 0.05) is 6.54 Å². The third kappa shape index (κ3) is 3.71. The fraction of sp³-hybridized carbons (Fsp3) is 0.562. The molecule has 1 aliphatic rings. The Labute approximate surface area is 119 Å². The molecule has 1 fully saturated rings. The lowest BCUT2D eigenvalue weighted by molar-refractivity contribution is 0.00951. The molecule has 3 nitrogen and oxygen atoms in total. The van der Waals surface area contributed by atoms with Gasteiger partial charge in [-0.15, -0.1) is 0 Å². The predicted molar refractivity (Wildman–Crippen MR) is 75.9 cm³/mol. The quantitative estimate of drug-likeness (QED) is 0.767. The van der Waals surface area contributed by atoms with Crippen molar-refractivity contribution in [3.05, 3.63) is 35.6 Å². The molecule has 1 unspecified atom stereocenters. The fourth-order valence-electron chi connectivity index (χ4n) is 2.50. The van der Waals surface area contributed by atoms with E-state index >= 15 is 0 Å². The first kappa shape index (κ1) is 14.8. The molecule has 0 bridgehead atoms. The topological polar surface area (TPSA) is 29.5 Å². The smallest absolute Gasteiger partial charge is 0.410 e. The third-order valence-corrected chi connectivity index (χ3v) is 3.39. The van der Waals surface area contributed by atoms with Gasteiger partial charge in [0.15, 0.2) is 0 Å². The van der Waals surface area contributed by atoms with E-state index < -0.39 is 5.60 Å². The van der Waals surface area contributed by atoms with Gasteiger partial charge in [-0.1, -0.05) is 12.1 Å². The van der Waals surface area contributed by atoms with E-state index in [1.165, 1.54) is 12.1 Å². The number of piperidine rings is 1. The Balaban J connectivity index is 2.16. The van der Waals surface area contributed by atoms with Crippen molar-refractivity contribution in [2.45, 2.75) is 51.7 Å². The van der Waals surface area contributed by atoms with E-state index in [-0.39, 0.29) is 18.0 Å². The van der Waals surface area contributed by atoms with Crippen LogP contribution in [0.25, 0.3) is 0 Å². The van der Waals surface area contributed by atoms with Crippen molar-refractivity contribution in [1.29, 1.82) is 0 Å². The summed E-state index contributed by atoms with van der Waals surface area (Å²) >= 11 is 0. The number of ether oxygens (including phenoxy) is 1. The van der Waals surface area contributed by atoms with Gasteiger partial charge in [0.25, 0.3) is 0 Å². The molecular formula is C16H22FNO2. The van der Waals surface area contributed by atoms with Crippen LogP contribution in [0.15, 0.2) is 24.3 Å². The second kappa shape index (κ2) is 5.81. The number of nitrogens with zero attached hydrogens (tertiary/aromatic N) is 1. The molecule has 0 N–H and O–H groups in total. The van der Waals surface area contributed by atoms with Gasteiger partial charge in [-0.3, -0.25) is 0 Å². The second-order valence-corrected chi connectivity index (χ2v) is 6.24. The number of hydrogen-bond acceptors (Lipinski definition) is 2. The summed E-state index contributed by atoms with van der Waals surface area (Å²) in [6, 6.07) is 6.37. The number of likely N-dealkylation sites (tertiary alicyclic amines) is 1. The number of benzene rings is 1. The van der Waals surface area contributed by atoms with Crippen LogP contribution in [-0.4, -0.2) is 23.1 Å². The largest absolute Gasteiger partial charge is 0.444 e. The Morgan fingerprint density at radius 2 is 1.90 bits per heavy atom. The van der Waals surface area contributed by atoms with Gasteiger partial charge in [-0.05, 0) is 57.7 Å². The van der Waals surface area contributed by atoms with Crippen LogP contribution in [0.4, 0.5) is 9.18 Å². The molecule has 0 radical (unpaired) electrons. The number of rotatable bonds is 1. The summed E-state index contributed by atoms with van der Waals surface area (Å²) < 4.78 is 18.5. The molecule has 1 aromatic carbocycles. The molecule has 4 heteroatoms. The molecule has 0 spiro atoms. The molecular weight excluding hydrogens is 257 g/mol. The zero-order valence-electron chi connectivity index (χ0n) is 12.4. The van der Waals surface area contributed by atoms with Crippen LogP contribution in [0.2, 0.25) is 0 Å². The average Bonchev–Trinajstić information content (AvgIpc) is 2.38. The fourth-order valence-corrected chi connectivity index (χ4v) is 2.50. The van der Waals surface area contributed by atoms with Crippen LogP contribution in [0.1, 0.15) is 51.6 Å². The Bertz CT molecular complexity index is 464. The predicted octanol–water partition coefficient (Wildman–Crippen LogP) is 4.29. The molecule has 1 aromatic rings. The molecule has 20 heavy (non-hydrogen) atoms. The van der Waals surface area contributed by atoms with Crippen LogP contribution in [0.3, 0.4) is 0 Å². The van der Waals surface area contributed by atoms with Gasteiger partial charge in [0.1, 0.15) is 11.4 Å². The van der Waals surface area contributed by atoms with Crippen molar-refractivity contribution in [3.63, 3.8) is 0 Å². The van der Waals surface area contributed by atoms with E-state index in [1.807, 2.05) is 20.8 Å². The Morgan fingerprint density at radius 3 is 2.50 bits per heavy atom. The minimum Gasteiger partial charge on any atom is -0.444 e. The SMILES string of the molecule is CC(C)(C)OC(=O)N1CCCCC1c1ccc(F)cc1. The van der Waals surface area contributed by atoms with Gasteiger partial charge in [-0.25, -0.2) is 9.18 Å². The van der Waals surface area contributed by atoms with Gasteiger partial charge in [-0.2, -0.15) is 0 Å². The maximum absolute atomic E-state index is 13.0. The summed E-state index contributed by atoms with van der Waals surface area (Å²) in [6.07, 6.45) is 2.66. The third-order valence-electron chi connectivity index (χ3n) is 3.39. The maximum atomic E-state index is 13.0. The number of halogens is 1. The first-order valence-corrected chi connectivity index (χ1v) is 7.12. The molecule has 0 aromatic heterocycles. The second-order valence-electron chi connectivity index (χ2n) is 6.24. The van der Waals surface area contributed by atoms with E-state index in [0.29, 0.717) is 6.54 Å². The number of carbonyl (C=O) groups excluding carboxylic acids is 1. The maximum Gasteiger partial charge on any atom is 0.410 e. The first-order chi connectivity index (χ1) is 9.37. The summed E-state index contributed by atoms with van der Waals surface area (Å²) in [5, 5.41) is 0. The van der Waals surface area contributed by atoms with E-state index in [1.54, 1.807) is 17.0 Å². The molecule has 0 saturated carbocycles. The van der Waals surface area contributed by atoms with Gasteiger partial charge >= 0.3 is 6.09 Å². The standard InChI is InChI=1S/C16H22FNO2/c1-16(2,3)20-15(19)18-11-5-4-6-14(18)12-7-9-13(17)10-8-12/h7-10,14H,4-6,11H2,1-3H3. The van der Waals surface area contributed by atoms with Gasteiger partial charge < -0.3 is 9.64 Å². The van der Waals surface area contributed by atoms with Crippen molar-refractivity contribution in [2.24, 2.45) is 0 Å². The molecule has 1 atom stereocenters. The molecule has 2 rings (SSSR count). The lowest BCUT2D eigenvalue weighted by Crippen LogP contribution is -2.41. The summed E-state index contributed by atoms with van der Waals surface area (Å²) in [5.74, 6) is -0.256. The number of carbonyl (C=O) groups is 1. The highest BCUT2D eigenvalue weighted by molar-refractivity contribution is 5.69. The summed E-state index contributed by atoms with van der Waals surface area (Å²) in [5.41, 5.74) is 0.471. The molecule has 110 valence electrons. The van der Waals surface area contributed by atoms with Crippen LogP contribution in [0, 0.1) is 5.82 Å². The summed E-state index contributed by atoms with van der Waals surface area (Å²) in [7, 11) is 0. The van der Waals surface area contributed by atoms with Crippen molar-refractivity contribution in [2.75, 3.05) is 6.54 Å². The highest BCUT2D eigenvalue weighted by atomic mass is 19.1. The Morgan fingerprint density at radius 1 is 1.25 bits per heavy atom. The molecule has 0 aliphatic carbocycles.